The Kier molecular flexibility index (Phi) is 4.92. The van der Waals surface area contributed by atoms with Gasteiger partial charge < -0.3 is 11.1 Å². The highest BCUT2D eigenvalue weighted by Crippen LogP contribution is 2.11. The summed E-state index contributed by atoms with van der Waals surface area (Å²) in [6.07, 6.45) is 3.94. The molecule has 0 saturated carbocycles. The lowest BCUT2D eigenvalue weighted by Crippen LogP contribution is -2.27. The van der Waals surface area contributed by atoms with E-state index in [1.807, 2.05) is 13.0 Å². The van der Waals surface area contributed by atoms with Gasteiger partial charge in [-0.15, -0.1) is 0 Å². The van der Waals surface area contributed by atoms with Crippen LogP contribution in [-0.2, 0) is 4.79 Å². The molecule has 0 bridgehead atoms. The molecule has 1 atom stereocenters. The van der Waals surface area contributed by atoms with Gasteiger partial charge in [-0.1, -0.05) is 13.3 Å². The molecule has 0 saturated heterocycles. The van der Waals surface area contributed by atoms with Crippen LogP contribution < -0.4 is 11.1 Å². The van der Waals surface area contributed by atoms with Gasteiger partial charge in [-0.2, -0.15) is 0 Å². The van der Waals surface area contributed by atoms with Crippen molar-refractivity contribution in [2.45, 2.75) is 39.2 Å². The fourth-order valence-electron chi connectivity index (χ4n) is 1.53. The number of aryl methyl sites for hydroxylation is 1. The van der Waals surface area contributed by atoms with Gasteiger partial charge in [0.25, 0.3) is 0 Å². The molecule has 0 spiro atoms. The number of hydrogen-bond donors (Lipinski definition) is 2. The number of carbonyl (C=O) groups excluding carboxylic acids is 1. The number of hydrogen-bond acceptors (Lipinski definition) is 3. The molecule has 0 fully saturated rings. The number of nitrogens with one attached hydrogen (secondary N) is 1. The molecule has 0 aliphatic rings. The topological polar surface area (TPSA) is 68.0 Å². The summed E-state index contributed by atoms with van der Waals surface area (Å²) in [6.45, 7) is 3.92. The Balaban J connectivity index is 2.49. The van der Waals surface area contributed by atoms with Crippen molar-refractivity contribution in [2.24, 2.45) is 5.73 Å². The van der Waals surface area contributed by atoms with E-state index in [4.69, 9.17) is 5.73 Å². The molecule has 1 aromatic rings. The molecule has 16 heavy (non-hydrogen) atoms. The minimum Gasteiger partial charge on any atom is -0.327 e. The predicted molar refractivity (Wildman–Crippen MR) is 65.1 cm³/mol. The number of carbonyl (C=O) groups is 1. The number of anilines is 1. The highest BCUT2D eigenvalue weighted by Gasteiger charge is 2.09. The first-order chi connectivity index (χ1) is 7.63. The van der Waals surface area contributed by atoms with Crippen molar-refractivity contribution in [1.82, 2.24) is 4.98 Å². The van der Waals surface area contributed by atoms with Gasteiger partial charge in [0.1, 0.15) is 0 Å². The van der Waals surface area contributed by atoms with Crippen LogP contribution in [0.25, 0.3) is 0 Å². The third kappa shape index (κ3) is 3.98. The van der Waals surface area contributed by atoms with Crippen LogP contribution in [0.5, 0.6) is 0 Å². The predicted octanol–water partition coefficient (Wildman–Crippen LogP) is 1.85. The summed E-state index contributed by atoms with van der Waals surface area (Å²) in [6, 6.07) is 3.59. The summed E-state index contributed by atoms with van der Waals surface area (Å²) in [5.74, 6) is -0.0444. The first-order valence-corrected chi connectivity index (χ1v) is 5.60. The van der Waals surface area contributed by atoms with Crippen LogP contribution in [0.4, 0.5) is 5.69 Å². The highest BCUT2D eigenvalue weighted by atomic mass is 16.1. The SMILES string of the molecule is CCCC(N)CC(=O)Nc1cccnc1C. The monoisotopic (exact) mass is 221 g/mol. The molecule has 3 N–H and O–H groups in total. The fraction of sp³-hybridized carbons (Fsp3) is 0.500. The fourth-order valence-corrected chi connectivity index (χ4v) is 1.53. The Bertz CT molecular complexity index is 352. The van der Waals surface area contributed by atoms with E-state index in [2.05, 4.69) is 17.2 Å². The van der Waals surface area contributed by atoms with E-state index in [0.29, 0.717) is 6.42 Å². The summed E-state index contributed by atoms with van der Waals surface area (Å²) < 4.78 is 0. The van der Waals surface area contributed by atoms with Crippen molar-refractivity contribution in [1.29, 1.82) is 0 Å². The third-order valence-corrected chi connectivity index (χ3v) is 2.39. The van der Waals surface area contributed by atoms with E-state index >= 15 is 0 Å². The highest BCUT2D eigenvalue weighted by molar-refractivity contribution is 5.91. The Morgan fingerprint density at radius 2 is 2.38 bits per heavy atom. The van der Waals surface area contributed by atoms with Crippen molar-refractivity contribution in [3.05, 3.63) is 24.0 Å². The van der Waals surface area contributed by atoms with Gasteiger partial charge in [0.15, 0.2) is 0 Å². The molecule has 0 aliphatic heterocycles. The van der Waals surface area contributed by atoms with Gasteiger partial charge in [-0.3, -0.25) is 9.78 Å². The van der Waals surface area contributed by atoms with E-state index in [1.165, 1.54) is 0 Å². The molecule has 1 amide bonds. The van der Waals surface area contributed by atoms with E-state index < -0.39 is 0 Å². The molecule has 1 rings (SSSR count). The summed E-state index contributed by atoms with van der Waals surface area (Å²) in [4.78, 5) is 15.7. The third-order valence-electron chi connectivity index (χ3n) is 2.39. The van der Waals surface area contributed by atoms with E-state index in [9.17, 15) is 4.79 Å². The molecule has 88 valence electrons. The zero-order valence-corrected chi connectivity index (χ0v) is 9.86. The largest absolute Gasteiger partial charge is 0.327 e. The molecular weight excluding hydrogens is 202 g/mol. The minimum atomic E-state index is -0.0537. The van der Waals surface area contributed by atoms with Crippen molar-refractivity contribution in [3.8, 4) is 0 Å². The lowest BCUT2D eigenvalue weighted by atomic mass is 10.1. The standard InChI is InChI=1S/C12H19N3O/c1-3-5-10(13)8-12(16)15-11-6-4-7-14-9(11)2/h4,6-7,10H,3,5,8,13H2,1-2H3,(H,15,16). The first kappa shape index (κ1) is 12.6. The van der Waals surface area contributed by atoms with Gasteiger partial charge >= 0.3 is 0 Å². The van der Waals surface area contributed by atoms with Gasteiger partial charge in [0.2, 0.25) is 5.91 Å². The Hall–Kier alpha value is -1.42. The van der Waals surface area contributed by atoms with Crippen LogP contribution in [0.15, 0.2) is 18.3 Å². The molecule has 4 heteroatoms. The molecule has 1 heterocycles. The average molecular weight is 221 g/mol. The Labute approximate surface area is 96.3 Å². The first-order valence-electron chi connectivity index (χ1n) is 5.60. The zero-order valence-electron chi connectivity index (χ0n) is 9.86. The van der Waals surface area contributed by atoms with E-state index in [-0.39, 0.29) is 11.9 Å². The number of rotatable bonds is 5. The maximum atomic E-state index is 11.6. The minimum absolute atomic E-state index is 0.0444. The van der Waals surface area contributed by atoms with Gasteiger partial charge in [-0.05, 0) is 25.5 Å². The van der Waals surface area contributed by atoms with Crippen LogP contribution in [0.2, 0.25) is 0 Å². The smallest absolute Gasteiger partial charge is 0.225 e. The van der Waals surface area contributed by atoms with Crippen molar-refractivity contribution < 1.29 is 4.79 Å². The summed E-state index contributed by atoms with van der Waals surface area (Å²) >= 11 is 0. The van der Waals surface area contributed by atoms with Crippen LogP contribution >= 0.6 is 0 Å². The molecule has 1 aromatic heterocycles. The second kappa shape index (κ2) is 6.23. The second-order valence-corrected chi connectivity index (χ2v) is 3.94. The van der Waals surface area contributed by atoms with Gasteiger partial charge in [-0.25, -0.2) is 0 Å². The summed E-state index contributed by atoms with van der Waals surface area (Å²) in [7, 11) is 0. The molecule has 1 unspecified atom stereocenters. The van der Waals surface area contributed by atoms with Gasteiger partial charge in [0.05, 0.1) is 11.4 Å². The lowest BCUT2D eigenvalue weighted by Gasteiger charge is -2.11. The van der Waals surface area contributed by atoms with Crippen molar-refractivity contribution in [2.75, 3.05) is 5.32 Å². The summed E-state index contributed by atoms with van der Waals surface area (Å²) in [5.41, 5.74) is 7.38. The van der Waals surface area contributed by atoms with E-state index in [0.717, 1.165) is 24.2 Å². The second-order valence-electron chi connectivity index (χ2n) is 3.94. The zero-order chi connectivity index (χ0) is 12.0. The van der Waals surface area contributed by atoms with Crippen molar-refractivity contribution >= 4 is 11.6 Å². The number of amides is 1. The van der Waals surface area contributed by atoms with Crippen LogP contribution in [0.1, 0.15) is 31.9 Å². The number of pyridine rings is 1. The quantitative estimate of drug-likeness (QED) is 0.797. The summed E-state index contributed by atoms with van der Waals surface area (Å²) in [5, 5.41) is 2.82. The Morgan fingerprint density at radius 1 is 1.62 bits per heavy atom. The molecule has 0 radical (unpaired) electrons. The Morgan fingerprint density at radius 3 is 3.00 bits per heavy atom. The average Bonchev–Trinajstić information content (AvgIpc) is 2.21. The number of aromatic nitrogens is 1. The van der Waals surface area contributed by atoms with Crippen molar-refractivity contribution in [3.63, 3.8) is 0 Å². The molecule has 0 aromatic carbocycles. The molecule has 4 nitrogen and oxygen atoms in total. The maximum Gasteiger partial charge on any atom is 0.225 e. The van der Waals surface area contributed by atoms with Crippen LogP contribution in [0.3, 0.4) is 0 Å². The van der Waals surface area contributed by atoms with Gasteiger partial charge in [0, 0.05) is 18.7 Å². The van der Waals surface area contributed by atoms with E-state index in [1.54, 1.807) is 12.3 Å². The molecular formula is C12H19N3O. The van der Waals surface area contributed by atoms with Crippen LogP contribution in [-0.4, -0.2) is 16.9 Å². The maximum absolute atomic E-state index is 11.6. The molecule has 0 aliphatic carbocycles. The normalized spacial score (nSPS) is 12.2. The number of nitrogens with two attached hydrogens (primary N) is 1. The number of nitrogens with zero attached hydrogens (tertiary/aromatic N) is 1. The lowest BCUT2D eigenvalue weighted by molar-refractivity contribution is -0.116. The van der Waals surface area contributed by atoms with Crippen LogP contribution in [0, 0.1) is 6.92 Å².